The van der Waals surface area contributed by atoms with Gasteiger partial charge < -0.3 is 0 Å². The second kappa shape index (κ2) is 9.43. The predicted octanol–water partition coefficient (Wildman–Crippen LogP) is 8.70. The Morgan fingerprint density at radius 2 is 0.929 bits per heavy atom. The zero-order chi connectivity index (χ0) is 20.6. The molecule has 3 rings (SSSR count). The van der Waals surface area contributed by atoms with Gasteiger partial charge in [0.25, 0.3) is 0 Å². The van der Waals surface area contributed by atoms with Crippen molar-refractivity contribution < 1.29 is 0 Å². The second-order valence-electron chi connectivity index (χ2n) is 12.6. The number of hydrogen-bond donors (Lipinski definition) is 0. The van der Waals surface area contributed by atoms with E-state index in [0.717, 1.165) is 71.0 Å². The highest BCUT2D eigenvalue weighted by Gasteiger charge is 2.44. The largest absolute Gasteiger partial charge is 0.0625 e. The van der Waals surface area contributed by atoms with E-state index in [1.54, 1.807) is 0 Å². The lowest BCUT2D eigenvalue weighted by Crippen LogP contribution is -2.43. The van der Waals surface area contributed by atoms with Crippen LogP contribution < -0.4 is 0 Å². The third-order valence-electron chi connectivity index (χ3n) is 10.2. The van der Waals surface area contributed by atoms with Crippen LogP contribution in [-0.4, -0.2) is 0 Å². The fraction of sp³-hybridized carbons (Fsp3) is 1.00. The van der Waals surface area contributed by atoms with Crippen LogP contribution in [0, 0.1) is 71.0 Å². The van der Waals surface area contributed by atoms with Crippen molar-refractivity contribution in [1.82, 2.24) is 0 Å². The summed E-state index contributed by atoms with van der Waals surface area (Å²) in [4.78, 5) is 0. The van der Waals surface area contributed by atoms with Gasteiger partial charge in [-0.2, -0.15) is 0 Å². The SMILES string of the molecule is CC1CC(C)CC(C(C)C2CC(C)C(C(C)C3C(C)CCCC3C)C(C)C2)C1. The first-order chi connectivity index (χ1) is 13.2. The minimum absolute atomic E-state index is 0.918. The van der Waals surface area contributed by atoms with E-state index in [1.807, 2.05) is 0 Å². The molecule has 0 radical (unpaired) electrons. The molecule has 3 aliphatic rings. The van der Waals surface area contributed by atoms with E-state index in [1.165, 1.54) is 51.4 Å². The van der Waals surface area contributed by atoms with Crippen molar-refractivity contribution in [2.45, 2.75) is 107 Å². The van der Waals surface area contributed by atoms with Crippen LogP contribution in [0.25, 0.3) is 0 Å². The third kappa shape index (κ3) is 4.83. The zero-order valence-electron chi connectivity index (χ0n) is 20.6. The molecule has 0 aromatic carbocycles. The van der Waals surface area contributed by atoms with Crippen molar-refractivity contribution in [2.75, 3.05) is 0 Å². The second-order valence-corrected chi connectivity index (χ2v) is 12.6. The first-order valence-electron chi connectivity index (χ1n) is 13.2. The van der Waals surface area contributed by atoms with E-state index in [0.29, 0.717) is 0 Å². The lowest BCUT2D eigenvalue weighted by molar-refractivity contribution is -0.0113. The minimum Gasteiger partial charge on any atom is -0.0625 e. The minimum atomic E-state index is 0.918. The summed E-state index contributed by atoms with van der Waals surface area (Å²) in [7, 11) is 0. The summed E-state index contributed by atoms with van der Waals surface area (Å²) in [5.41, 5.74) is 0. The van der Waals surface area contributed by atoms with E-state index < -0.39 is 0 Å². The molecule has 0 heterocycles. The molecule has 3 aliphatic carbocycles. The van der Waals surface area contributed by atoms with Crippen molar-refractivity contribution in [1.29, 1.82) is 0 Å². The number of hydrogen-bond acceptors (Lipinski definition) is 0. The maximum absolute atomic E-state index is 2.65. The van der Waals surface area contributed by atoms with Gasteiger partial charge in [0.15, 0.2) is 0 Å². The summed E-state index contributed by atoms with van der Waals surface area (Å²) in [6, 6.07) is 0. The monoisotopic (exact) mass is 388 g/mol. The summed E-state index contributed by atoms with van der Waals surface area (Å²) in [6.07, 6.45) is 11.9. The topological polar surface area (TPSA) is 0 Å². The Bertz CT molecular complexity index is 448. The van der Waals surface area contributed by atoms with Gasteiger partial charge in [0.1, 0.15) is 0 Å². The van der Waals surface area contributed by atoms with E-state index in [-0.39, 0.29) is 0 Å². The van der Waals surface area contributed by atoms with Crippen LogP contribution in [-0.2, 0) is 0 Å². The predicted molar refractivity (Wildman–Crippen MR) is 124 cm³/mol. The van der Waals surface area contributed by atoms with Crippen molar-refractivity contribution in [3.63, 3.8) is 0 Å². The summed E-state index contributed by atoms with van der Waals surface area (Å²) < 4.78 is 0. The van der Waals surface area contributed by atoms with Crippen LogP contribution in [0.15, 0.2) is 0 Å². The van der Waals surface area contributed by atoms with Gasteiger partial charge in [-0.3, -0.25) is 0 Å². The highest BCUT2D eigenvalue weighted by molar-refractivity contribution is 4.93. The van der Waals surface area contributed by atoms with Crippen LogP contribution >= 0.6 is 0 Å². The molecule has 8 unspecified atom stereocenters. The Balaban J connectivity index is 1.65. The van der Waals surface area contributed by atoms with Crippen LogP contribution in [0.3, 0.4) is 0 Å². The normalized spacial score (nSPS) is 50.1. The van der Waals surface area contributed by atoms with E-state index in [2.05, 4.69) is 55.4 Å². The molecule has 0 spiro atoms. The molecule has 0 nitrogen and oxygen atoms in total. The van der Waals surface area contributed by atoms with E-state index >= 15 is 0 Å². The Morgan fingerprint density at radius 1 is 0.500 bits per heavy atom. The lowest BCUT2D eigenvalue weighted by atomic mass is 9.55. The first kappa shape index (κ1) is 22.7. The molecular weight excluding hydrogens is 336 g/mol. The summed E-state index contributed by atoms with van der Waals surface area (Å²) in [5.74, 6) is 11.4. The Morgan fingerprint density at radius 3 is 1.43 bits per heavy atom. The van der Waals surface area contributed by atoms with Gasteiger partial charge in [-0.1, -0.05) is 74.7 Å². The third-order valence-corrected chi connectivity index (χ3v) is 10.2. The lowest BCUT2D eigenvalue weighted by Gasteiger charge is -2.50. The average molecular weight is 389 g/mol. The van der Waals surface area contributed by atoms with Crippen molar-refractivity contribution in [2.24, 2.45) is 71.0 Å². The molecule has 0 bridgehead atoms. The smallest absolute Gasteiger partial charge is 0.0334 e. The number of rotatable bonds is 4. The molecule has 0 aliphatic heterocycles. The Kier molecular flexibility index (Phi) is 7.64. The molecule has 0 aromatic rings. The van der Waals surface area contributed by atoms with Crippen LogP contribution in [0.4, 0.5) is 0 Å². The van der Waals surface area contributed by atoms with Crippen LogP contribution in [0.2, 0.25) is 0 Å². The van der Waals surface area contributed by atoms with Gasteiger partial charge >= 0.3 is 0 Å². The quantitative estimate of drug-likeness (QED) is 0.451. The standard InChI is InChI=1S/C28H52/c1-17-12-18(2)14-25(13-17)23(7)26-15-21(5)28(22(6)16-26)24(8)27-19(3)10-9-11-20(27)4/h17-28H,9-16H2,1-8H3. The Hall–Kier alpha value is 0. The van der Waals surface area contributed by atoms with Crippen LogP contribution in [0.5, 0.6) is 0 Å². The average Bonchev–Trinajstić information content (AvgIpc) is 2.59. The molecule has 0 amide bonds. The van der Waals surface area contributed by atoms with Crippen molar-refractivity contribution in [3.8, 4) is 0 Å². The summed E-state index contributed by atoms with van der Waals surface area (Å²) in [6.45, 7) is 20.7. The fourth-order valence-corrected chi connectivity index (χ4v) is 9.22. The first-order valence-corrected chi connectivity index (χ1v) is 13.2. The highest BCUT2D eigenvalue weighted by Crippen LogP contribution is 2.52. The Labute approximate surface area is 178 Å². The van der Waals surface area contributed by atoms with Gasteiger partial charge in [0.05, 0.1) is 0 Å². The van der Waals surface area contributed by atoms with Gasteiger partial charge in [-0.25, -0.2) is 0 Å². The molecule has 3 fully saturated rings. The molecule has 0 N–H and O–H groups in total. The van der Waals surface area contributed by atoms with E-state index in [9.17, 15) is 0 Å². The molecule has 164 valence electrons. The van der Waals surface area contributed by atoms with Crippen LogP contribution in [0.1, 0.15) is 107 Å². The molecule has 0 heteroatoms. The van der Waals surface area contributed by atoms with Gasteiger partial charge in [0, 0.05) is 0 Å². The highest BCUT2D eigenvalue weighted by atomic mass is 14.5. The van der Waals surface area contributed by atoms with Gasteiger partial charge in [-0.05, 0) is 103 Å². The van der Waals surface area contributed by atoms with Crippen molar-refractivity contribution in [3.05, 3.63) is 0 Å². The molecule has 3 saturated carbocycles. The zero-order valence-corrected chi connectivity index (χ0v) is 20.6. The fourth-order valence-electron chi connectivity index (χ4n) is 9.22. The van der Waals surface area contributed by atoms with Gasteiger partial charge in [0.2, 0.25) is 0 Å². The molecule has 28 heavy (non-hydrogen) atoms. The summed E-state index contributed by atoms with van der Waals surface area (Å²) in [5, 5.41) is 0. The molecule has 0 saturated heterocycles. The molecule has 8 atom stereocenters. The van der Waals surface area contributed by atoms with E-state index in [4.69, 9.17) is 0 Å². The summed E-state index contributed by atoms with van der Waals surface area (Å²) >= 11 is 0. The van der Waals surface area contributed by atoms with Crippen molar-refractivity contribution >= 4 is 0 Å². The van der Waals surface area contributed by atoms with Gasteiger partial charge in [-0.15, -0.1) is 0 Å². The maximum Gasteiger partial charge on any atom is -0.0334 e. The molecular formula is C28H52. The maximum atomic E-state index is 2.65. The molecule has 0 aromatic heterocycles.